The fraction of sp³-hybridized carbons (Fsp3) is 0.571. The third-order valence-corrected chi connectivity index (χ3v) is 1.44. The number of rotatable bonds is 2. The summed E-state index contributed by atoms with van der Waals surface area (Å²) >= 11 is 0. The van der Waals surface area contributed by atoms with Crippen molar-refractivity contribution < 1.29 is 9.30 Å². The molecule has 1 aromatic rings. The van der Waals surface area contributed by atoms with E-state index in [2.05, 4.69) is 4.98 Å². The number of ether oxygens (including phenoxy) is 1. The molecule has 56 valence electrons. The molecule has 0 saturated carbocycles. The van der Waals surface area contributed by atoms with Crippen molar-refractivity contribution >= 4 is 0 Å². The summed E-state index contributed by atoms with van der Waals surface area (Å²) in [7, 11) is 1.98. The largest absolute Gasteiger partial charge is 0.460 e. The summed E-state index contributed by atoms with van der Waals surface area (Å²) in [6, 6.07) is 0. The molecule has 1 rings (SSSR count). The van der Waals surface area contributed by atoms with E-state index < -0.39 is 0 Å². The van der Waals surface area contributed by atoms with Crippen molar-refractivity contribution in [3.05, 3.63) is 12.0 Å². The van der Waals surface area contributed by atoms with Crippen LogP contribution < -0.4 is 9.30 Å². The summed E-state index contributed by atoms with van der Waals surface area (Å²) in [4.78, 5) is 3.09. The van der Waals surface area contributed by atoms with Gasteiger partial charge in [0.25, 0.3) is 5.82 Å². The third kappa shape index (κ3) is 1.29. The normalized spacial score (nSPS) is 9.90. The predicted octanol–water partition coefficient (Wildman–Crippen LogP) is 0.546. The lowest BCUT2D eigenvalue weighted by Gasteiger charge is -1.89. The van der Waals surface area contributed by atoms with Crippen molar-refractivity contribution in [1.29, 1.82) is 0 Å². The molecule has 0 unspecified atom stereocenters. The van der Waals surface area contributed by atoms with E-state index in [4.69, 9.17) is 4.74 Å². The average Bonchev–Trinajstić information content (AvgIpc) is 2.14. The van der Waals surface area contributed by atoms with Crippen LogP contribution in [0, 0.1) is 6.92 Å². The average molecular weight is 141 g/mol. The van der Waals surface area contributed by atoms with Gasteiger partial charge in [-0.3, -0.25) is 0 Å². The summed E-state index contributed by atoms with van der Waals surface area (Å²) in [5.41, 5.74) is 0. The first-order valence-corrected chi connectivity index (χ1v) is 3.42. The molecule has 10 heavy (non-hydrogen) atoms. The maximum Gasteiger partial charge on any atom is 0.322 e. The lowest BCUT2D eigenvalue weighted by Crippen LogP contribution is -2.27. The van der Waals surface area contributed by atoms with E-state index in [0.29, 0.717) is 6.61 Å². The zero-order valence-corrected chi connectivity index (χ0v) is 6.64. The first-order chi connectivity index (χ1) is 4.74. The van der Waals surface area contributed by atoms with Gasteiger partial charge in [-0.1, -0.05) is 0 Å². The van der Waals surface area contributed by atoms with Gasteiger partial charge in [-0.15, -0.1) is 0 Å². The minimum Gasteiger partial charge on any atom is -0.460 e. The highest BCUT2D eigenvalue weighted by atomic mass is 16.5. The molecule has 3 nitrogen and oxygen atoms in total. The van der Waals surface area contributed by atoms with Crippen molar-refractivity contribution in [2.24, 2.45) is 7.05 Å². The number of imidazole rings is 1. The molecule has 0 fully saturated rings. The number of nitrogens with one attached hydrogen (secondary N) is 1. The van der Waals surface area contributed by atoms with Crippen LogP contribution >= 0.6 is 0 Å². The van der Waals surface area contributed by atoms with Crippen LogP contribution in [-0.4, -0.2) is 11.6 Å². The summed E-state index contributed by atoms with van der Waals surface area (Å²) in [6.07, 6.45) is 1.93. The lowest BCUT2D eigenvalue weighted by atomic mass is 10.7. The summed E-state index contributed by atoms with van der Waals surface area (Å²) < 4.78 is 7.22. The molecule has 0 spiro atoms. The zero-order chi connectivity index (χ0) is 7.56. The van der Waals surface area contributed by atoms with Gasteiger partial charge in [-0.25, -0.2) is 9.55 Å². The lowest BCUT2D eigenvalue weighted by molar-refractivity contribution is -0.676. The number of nitrogens with zero attached hydrogens (tertiary/aromatic N) is 1. The fourth-order valence-corrected chi connectivity index (χ4v) is 0.800. The second kappa shape index (κ2) is 2.73. The van der Waals surface area contributed by atoms with Gasteiger partial charge in [0.2, 0.25) is 0 Å². The number of aromatic amines is 1. The summed E-state index contributed by atoms with van der Waals surface area (Å²) in [5, 5.41) is 0. The molecular formula is C7H13N2O+. The Morgan fingerprint density at radius 2 is 2.40 bits per heavy atom. The predicted molar refractivity (Wildman–Crippen MR) is 37.9 cm³/mol. The van der Waals surface area contributed by atoms with Crippen LogP contribution in [0.15, 0.2) is 6.20 Å². The van der Waals surface area contributed by atoms with Crippen LogP contribution in [0.5, 0.6) is 5.88 Å². The Morgan fingerprint density at radius 3 is 2.80 bits per heavy atom. The van der Waals surface area contributed by atoms with Crippen LogP contribution in [0.3, 0.4) is 0 Å². The Balaban J connectivity index is 2.77. The second-order valence-corrected chi connectivity index (χ2v) is 2.25. The first kappa shape index (κ1) is 7.12. The molecule has 0 aliphatic heterocycles. The molecule has 0 aromatic carbocycles. The van der Waals surface area contributed by atoms with Gasteiger partial charge in [-0.05, 0) is 6.92 Å². The van der Waals surface area contributed by atoms with Crippen LogP contribution in [0.4, 0.5) is 0 Å². The topological polar surface area (TPSA) is 28.9 Å². The summed E-state index contributed by atoms with van der Waals surface area (Å²) in [6.45, 7) is 4.68. The highest BCUT2D eigenvalue weighted by molar-refractivity contribution is 4.99. The van der Waals surface area contributed by atoms with Crippen molar-refractivity contribution in [2.75, 3.05) is 6.61 Å². The molecule has 1 heterocycles. The Kier molecular flexibility index (Phi) is 1.94. The van der Waals surface area contributed by atoms with E-state index in [1.54, 1.807) is 0 Å². The Bertz CT molecular complexity index is 198. The summed E-state index contributed by atoms with van der Waals surface area (Å²) in [5.74, 6) is 1.94. The maximum absolute atomic E-state index is 5.23. The third-order valence-electron chi connectivity index (χ3n) is 1.44. The van der Waals surface area contributed by atoms with Crippen LogP contribution in [0.2, 0.25) is 0 Å². The van der Waals surface area contributed by atoms with Crippen molar-refractivity contribution in [2.45, 2.75) is 13.8 Å². The van der Waals surface area contributed by atoms with E-state index in [9.17, 15) is 0 Å². The molecule has 1 aromatic heterocycles. The van der Waals surface area contributed by atoms with Gasteiger partial charge in [0, 0.05) is 6.92 Å². The Morgan fingerprint density at radius 1 is 1.70 bits per heavy atom. The van der Waals surface area contributed by atoms with E-state index >= 15 is 0 Å². The van der Waals surface area contributed by atoms with E-state index in [0.717, 1.165) is 11.7 Å². The second-order valence-electron chi connectivity index (χ2n) is 2.25. The number of aryl methyl sites for hydroxylation is 2. The van der Waals surface area contributed by atoms with E-state index in [1.165, 1.54) is 0 Å². The highest BCUT2D eigenvalue weighted by Crippen LogP contribution is 2.01. The zero-order valence-electron chi connectivity index (χ0n) is 6.64. The number of aromatic nitrogens is 2. The fourth-order valence-electron chi connectivity index (χ4n) is 0.800. The maximum atomic E-state index is 5.23. The molecule has 0 saturated heterocycles. The molecular weight excluding hydrogens is 128 g/mol. The molecule has 0 bridgehead atoms. The molecule has 0 aliphatic rings. The molecule has 0 amide bonds. The van der Waals surface area contributed by atoms with Gasteiger partial charge in [-0.2, -0.15) is 0 Å². The monoisotopic (exact) mass is 141 g/mol. The smallest absolute Gasteiger partial charge is 0.322 e. The Labute approximate surface area is 60.6 Å². The number of H-pyrrole nitrogens is 1. The van der Waals surface area contributed by atoms with Crippen LogP contribution in [0.25, 0.3) is 0 Å². The standard InChI is InChI=1S/C7H12N2O/c1-4-10-7-5-9(3)6(2)8-7/h5H,4H2,1-3H3/p+1. The van der Waals surface area contributed by atoms with Gasteiger partial charge in [0.1, 0.15) is 0 Å². The minimum absolute atomic E-state index is 0.708. The SMILES string of the molecule is CCOc1c[n+](C)c(C)[nH]1. The van der Waals surface area contributed by atoms with Gasteiger partial charge in [0.15, 0.2) is 6.20 Å². The van der Waals surface area contributed by atoms with Crippen molar-refractivity contribution in [1.82, 2.24) is 4.98 Å². The Hall–Kier alpha value is -0.990. The highest BCUT2D eigenvalue weighted by Gasteiger charge is 2.06. The number of hydrogen-bond acceptors (Lipinski definition) is 1. The van der Waals surface area contributed by atoms with Crippen molar-refractivity contribution in [3.8, 4) is 5.88 Å². The molecule has 1 N–H and O–H groups in total. The number of hydrogen-bond donors (Lipinski definition) is 1. The van der Waals surface area contributed by atoms with E-state index in [-0.39, 0.29) is 0 Å². The van der Waals surface area contributed by atoms with Crippen LogP contribution in [-0.2, 0) is 7.05 Å². The van der Waals surface area contributed by atoms with E-state index in [1.807, 2.05) is 31.7 Å². The minimum atomic E-state index is 0.708. The molecule has 0 radical (unpaired) electrons. The van der Waals surface area contributed by atoms with Gasteiger partial charge < -0.3 is 4.74 Å². The van der Waals surface area contributed by atoms with Crippen molar-refractivity contribution in [3.63, 3.8) is 0 Å². The van der Waals surface area contributed by atoms with Gasteiger partial charge in [0.05, 0.1) is 13.7 Å². The molecule has 3 heteroatoms. The van der Waals surface area contributed by atoms with Crippen LogP contribution in [0.1, 0.15) is 12.7 Å². The molecule has 0 aliphatic carbocycles. The molecule has 0 atom stereocenters. The van der Waals surface area contributed by atoms with Gasteiger partial charge >= 0.3 is 5.88 Å². The first-order valence-electron chi connectivity index (χ1n) is 3.42. The quantitative estimate of drug-likeness (QED) is 0.598.